The lowest BCUT2D eigenvalue weighted by molar-refractivity contribution is 0.125. The Bertz CT molecular complexity index is 612. The summed E-state index contributed by atoms with van der Waals surface area (Å²) >= 11 is 0. The Morgan fingerprint density at radius 3 is 1.96 bits per heavy atom. The van der Waals surface area contributed by atoms with Crippen LogP contribution in [0.4, 0.5) is 0 Å². The van der Waals surface area contributed by atoms with E-state index in [1.165, 1.54) is 11.1 Å². The first kappa shape index (κ1) is 22.5. The standard InChI is InChI=1S/C22H34N4O2/c27-15-12-23-11-13-26(14-16-28)22(25-18-21-9-5-2-6-10-21)19-24-17-20-7-3-1-4-8-20/h1-10,22-25,27-28H,11-19H2. The Morgan fingerprint density at radius 1 is 0.714 bits per heavy atom. The molecule has 2 aromatic carbocycles. The first-order valence-electron chi connectivity index (χ1n) is 10.0. The highest BCUT2D eigenvalue weighted by Gasteiger charge is 2.17. The van der Waals surface area contributed by atoms with Crippen LogP contribution >= 0.6 is 0 Å². The van der Waals surface area contributed by atoms with Gasteiger partial charge in [-0.1, -0.05) is 60.7 Å². The molecule has 6 nitrogen and oxygen atoms in total. The van der Waals surface area contributed by atoms with Crippen molar-refractivity contribution in [1.29, 1.82) is 0 Å². The Kier molecular flexibility index (Phi) is 11.4. The average Bonchev–Trinajstić information content (AvgIpc) is 2.74. The molecule has 0 fully saturated rings. The van der Waals surface area contributed by atoms with E-state index in [0.29, 0.717) is 13.1 Å². The Hall–Kier alpha value is -1.80. The van der Waals surface area contributed by atoms with Crippen LogP contribution in [-0.2, 0) is 13.1 Å². The number of aliphatic hydroxyl groups is 2. The van der Waals surface area contributed by atoms with Crippen LogP contribution in [0, 0.1) is 0 Å². The highest BCUT2D eigenvalue weighted by atomic mass is 16.3. The van der Waals surface area contributed by atoms with Gasteiger partial charge in [0, 0.05) is 45.8 Å². The summed E-state index contributed by atoms with van der Waals surface area (Å²) in [5.74, 6) is 0. The topological polar surface area (TPSA) is 79.8 Å². The SMILES string of the molecule is OCCNCCN(CCO)C(CNCc1ccccc1)NCc1ccccc1. The van der Waals surface area contributed by atoms with E-state index in [1.807, 2.05) is 36.4 Å². The van der Waals surface area contributed by atoms with Crippen molar-refractivity contribution in [1.82, 2.24) is 20.9 Å². The third-order valence-electron chi connectivity index (χ3n) is 4.59. The van der Waals surface area contributed by atoms with Gasteiger partial charge in [0.15, 0.2) is 0 Å². The lowest BCUT2D eigenvalue weighted by Crippen LogP contribution is -2.53. The van der Waals surface area contributed by atoms with Crippen molar-refractivity contribution in [2.24, 2.45) is 0 Å². The number of hydrogen-bond donors (Lipinski definition) is 5. The third kappa shape index (κ3) is 8.93. The van der Waals surface area contributed by atoms with Crippen molar-refractivity contribution in [2.75, 3.05) is 45.9 Å². The van der Waals surface area contributed by atoms with Crippen molar-refractivity contribution < 1.29 is 10.2 Å². The summed E-state index contributed by atoms with van der Waals surface area (Å²) in [6, 6.07) is 20.7. The van der Waals surface area contributed by atoms with Crippen molar-refractivity contribution in [3.63, 3.8) is 0 Å². The van der Waals surface area contributed by atoms with Crippen LogP contribution < -0.4 is 16.0 Å². The molecule has 154 valence electrons. The molecule has 1 atom stereocenters. The quantitative estimate of drug-likeness (QED) is 0.230. The first-order chi connectivity index (χ1) is 13.8. The molecule has 0 saturated carbocycles. The molecule has 0 aliphatic heterocycles. The molecule has 6 heteroatoms. The summed E-state index contributed by atoms with van der Waals surface area (Å²) in [4.78, 5) is 2.24. The van der Waals surface area contributed by atoms with Gasteiger partial charge in [-0.3, -0.25) is 10.2 Å². The molecule has 0 bridgehead atoms. The minimum atomic E-state index is 0.0898. The molecule has 1 unspecified atom stereocenters. The summed E-state index contributed by atoms with van der Waals surface area (Å²) in [6.07, 6.45) is 0.0898. The van der Waals surface area contributed by atoms with E-state index in [-0.39, 0.29) is 19.4 Å². The van der Waals surface area contributed by atoms with E-state index in [2.05, 4.69) is 45.1 Å². The zero-order valence-electron chi connectivity index (χ0n) is 16.6. The molecule has 0 spiro atoms. The number of rotatable bonds is 15. The maximum Gasteiger partial charge on any atom is 0.0729 e. The summed E-state index contributed by atoms with van der Waals surface area (Å²) in [5, 5.41) is 28.8. The van der Waals surface area contributed by atoms with Crippen LogP contribution in [0.1, 0.15) is 11.1 Å². The van der Waals surface area contributed by atoms with Crippen LogP contribution in [0.2, 0.25) is 0 Å². The second kappa shape index (κ2) is 14.2. The van der Waals surface area contributed by atoms with Gasteiger partial charge in [-0.05, 0) is 11.1 Å². The van der Waals surface area contributed by atoms with E-state index < -0.39 is 0 Å². The predicted molar refractivity (Wildman–Crippen MR) is 114 cm³/mol. The van der Waals surface area contributed by atoms with Crippen molar-refractivity contribution in [2.45, 2.75) is 19.3 Å². The van der Waals surface area contributed by atoms with Crippen LogP contribution in [0.25, 0.3) is 0 Å². The second-order valence-corrected chi connectivity index (χ2v) is 6.73. The van der Waals surface area contributed by atoms with Gasteiger partial charge < -0.3 is 20.8 Å². The first-order valence-corrected chi connectivity index (χ1v) is 10.0. The number of aliphatic hydroxyl groups excluding tert-OH is 2. The zero-order valence-corrected chi connectivity index (χ0v) is 16.6. The molecule has 0 aliphatic carbocycles. The molecule has 2 rings (SSSR count). The Labute approximate surface area is 168 Å². The number of nitrogens with zero attached hydrogens (tertiary/aromatic N) is 1. The van der Waals surface area contributed by atoms with Gasteiger partial charge in [0.2, 0.25) is 0 Å². The maximum absolute atomic E-state index is 9.53. The van der Waals surface area contributed by atoms with Crippen LogP contribution in [0.5, 0.6) is 0 Å². The van der Waals surface area contributed by atoms with Crippen molar-refractivity contribution in [3.05, 3.63) is 71.8 Å². The summed E-state index contributed by atoms with van der Waals surface area (Å²) in [7, 11) is 0. The molecular formula is C22H34N4O2. The lowest BCUT2D eigenvalue weighted by Gasteiger charge is -2.32. The zero-order chi connectivity index (χ0) is 19.9. The molecule has 0 radical (unpaired) electrons. The maximum atomic E-state index is 9.53. The summed E-state index contributed by atoms with van der Waals surface area (Å²) in [6.45, 7) is 5.33. The fourth-order valence-electron chi connectivity index (χ4n) is 3.09. The van der Waals surface area contributed by atoms with Gasteiger partial charge in [0.25, 0.3) is 0 Å². The normalized spacial score (nSPS) is 12.4. The summed E-state index contributed by atoms with van der Waals surface area (Å²) in [5.41, 5.74) is 2.49. The fraction of sp³-hybridized carbons (Fsp3) is 0.455. The van der Waals surface area contributed by atoms with E-state index >= 15 is 0 Å². The second-order valence-electron chi connectivity index (χ2n) is 6.73. The summed E-state index contributed by atoms with van der Waals surface area (Å²) < 4.78 is 0. The molecule has 28 heavy (non-hydrogen) atoms. The van der Waals surface area contributed by atoms with Crippen molar-refractivity contribution >= 4 is 0 Å². The fourth-order valence-corrected chi connectivity index (χ4v) is 3.09. The molecule has 0 aliphatic rings. The number of nitrogens with one attached hydrogen (secondary N) is 3. The van der Waals surface area contributed by atoms with E-state index in [4.69, 9.17) is 5.11 Å². The third-order valence-corrected chi connectivity index (χ3v) is 4.59. The highest BCUT2D eigenvalue weighted by molar-refractivity contribution is 5.15. The number of hydrogen-bond acceptors (Lipinski definition) is 6. The highest BCUT2D eigenvalue weighted by Crippen LogP contribution is 2.03. The van der Waals surface area contributed by atoms with Gasteiger partial charge in [0.1, 0.15) is 0 Å². The lowest BCUT2D eigenvalue weighted by atomic mass is 10.2. The van der Waals surface area contributed by atoms with Crippen LogP contribution in [0.15, 0.2) is 60.7 Å². The Balaban J connectivity index is 1.92. The van der Waals surface area contributed by atoms with Gasteiger partial charge in [0.05, 0.1) is 19.4 Å². The molecule has 0 amide bonds. The molecule has 0 aromatic heterocycles. The molecule has 0 heterocycles. The average molecular weight is 387 g/mol. The largest absolute Gasteiger partial charge is 0.395 e. The number of benzene rings is 2. The van der Waals surface area contributed by atoms with Gasteiger partial charge in [-0.25, -0.2) is 0 Å². The Morgan fingerprint density at radius 2 is 1.36 bits per heavy atom. The van der Waals surface area contributed by atoms with Gasteiger partial charge in [-0.2, -0.15) is 0 Å². The van der Waals surface area contributed by atoms with Crippen molar-refractivity contribution in [3.8, 4) is 0 Å². The van der Waals surface area contributed by atoms with E-state index in [9.17, 15) is 5.11 Å². The predicted octanol–water partition coefficient (Wildman–Crippen LogP) is 0.768. The monoisotopic (exact) mass is 386 g/mol. The molecule has 0 saturated heterocycles. The molecular weight excluding hydrogens is 352 g/mol. The van der Waals surface area contributed by atoms with Gasteiger partial charge in [-0.15, -0.1) is 0 Å². The van der Waals surface area contributed by atoms with E-state index in [0.717, 1.165) is 32.7 Å². The van der Waals surface area contributed by atoms with E-state index in [1.54, 1.807) is 0 Å². The smallest absolute Gasteiger partial charge is 0.0729 e. The molecule has 5 N–H and O–H groups in total. The minimum absolute atomic E-state index is 0.0898. The van der Waals surface area contributed by atoms with Crippen LogP contribution in [-0.4, -0.2) is 67.2 Å². The minimum Gasteiger partial charge on any atom is -0.395 e. The van der Waals surface area contributed by atoms with Gasteiger partial charge >= 0.3 is 0 Å². The molecule has 2 aromatic rings. The van der Waals surface area contributed by atoms with Crippen LogP contribution in [0.3, 0.4) is 0 Å².